The number of nitrogens with two attached hydrogens (primary N) is 1. The van der Waals surface area contributed by atoms with E-state index in [0.29, 0.717) is 42.6 Å². The number of benzene rings is 1. The first-order chi connectivity index (χ1) is 9.15. The van der Waals surface area contributed by atoms with Crippen LogP contribution in [0.4, 0.5) is 0 Å². The zero-order valence-electron chi connectivity index (χ0n) is 11.1. The lowest BCUT2D eigenvalue weighted by atomic mass is 10.1. The van der Waals surface area contributed by atoms with E-state index in [2.05, 4.69) is 5.32 Å². The first kappa shape index (κ1) is 13.5. The molecule has 1 aromatic carbocycles. The minimum Gasteiger partial charge on any atom is -0.493 e. The van der Waals surface area contributed by atoms with Gasteiger partial charge in [0, 0.05) is 18.2 Å². The predicted molar refractivity (Wildman–Crippen MR) is 70.0 cm³/mol. The summed E-state index contributed by atoms with van der Waals surface area (Å²) in [6, 6.07) is 3.19. The first-order valence-corrected chi connectivity index (χ1v) is 6.14. The van der Waals surface area contributed by atoms with Crippen LogP contribution in [0, 0.1) is 0 Å². The Labute approximate surface area is 111 Å². The molecule has 1 atom stereocenters. The van der Waals surface area contributed by atoms with Gasteiger partial charge in [-0.2, -0.15) is 0 Å². The first-order valence-electron chi connectivity index (χ1n) is 6.14. The molecule has 6 heteroatoms. The molecule has 0 bridgehead atoms. The van der Waals surface area contributed by atoms with E-state index in [-0.39, 0.29) is 11.9 Å². The summed E-state index contributed by atoms with van der Waals surface area (Å²) in [7, 11) is 1.53. The molecule has 1 aliphatic heterocycles. The number of carbonyl (C=O) groups is 1. The molecular weight excluding hydrogens is 248 g/mol. The molecule has 0 fully saturated rings. The van der Waals surface area contributed by atoms with Crippen molar-refractivity contribution in [2.24, 2.45) is 5.73 Å². The summed E-state index contributed by atoms with van der Waals surface area (Å²) < 4.78 is 16.2. The van der Waals surface area contributed by atoms with E-state index in [1.165, 1.54) is 7.11 Å². The number of ether oxygens (including phenoxy) is 3. The molecule has 6 nitrogen and oxygen atoms in total. The second-order valence-corrected chi connectivity index (χ2v) is 4.31. The number of amides is 1. The minimum absolute atomic E-state index is 0.0910. The highest BCUT2D eigenvalue weighted by molar-refractivity contribution is 5.95. The van der Waals surface area contributed by atoms with Crippen molar-refractivity contribution >= 4 is 5.91 Å². The highest BCUT2D eigenvalue weighted by Crippen LogP contribution is 2.40. The van der Waals surface area contributed by atoms with Crippen molar-refractivity contribution in [3.8, 4) is 17.2 Å². The molecular formula is C13H18N2O4. The third-order valence-corrected chi connectivity index (χ3v) is 2.82. The molecule has 0 radical (unpaired) electrons. The summed E-state index contributed by atoms with van der Waals surface area (Å²) in [5, 5.41) is 2.79. The van der Waals surface area contributed by atoms with Crippen molar-refractivity contribution < 1.29 is 19.0 Å². The maximum Gasteiger partial charge on any atom is 0.251 e. The smallest absolute Gasteiger partial charge is 0.251 e. The molecule has 0 saturated heterocycles. The Morgan fingerprint density at radius 1 is 1.47 bits per heavy atom. The third-order valence-electron chi connectivity index (χ3n) is 2.82. The summed E-state index contributed by atoms with van der Waals surface area (Å²) in [6.45, 7) is 3.15. The van der Waals surface area contributed by atoms with Crippen LogP contribution >= 0.6 is 0 Å². The molecule has 1 heterocycles. The molecule has 0 saturated carbocycles. The maximum absolute atomic E-state index is 12.0. The Kier molecular flexibility index (Phi) is 4.11. The van der Waals surface area contributed by atoms with Crippen LogP contribution in [0.15, 0.2) is 12.1 Å². The van der Waals surface area contributed by atoms with Gasteiger partial charge in [0.2, 0.25) is 5.75 Å². The zero-order valence-corrected chi connectivity index (χ0v) is 11.1. The van der Waals surface area contributed by atoms with Gasteiger partial charge < -0.3 is 25.3 Å². The number of carbonyl (C=O) groups excluding carboxylic acids is 1. The Morgan fingerprint density at radius 2 is 2.21 bits per heavy atom. The number of hydrogen-bond acceptors (Lipinski definition) is 5. The molecule has 0 spiro atoms. The van der Waals surface area contributed by atoms with Crippen LogP contribution in [-0.4, -0.2) is 38.8 Å². The minimum atomic E-state index is -0.215. The third kappa shape index (κ3) is 2.90. The van der Waals surface area contributed by atoms with E-state index in [9.17, 15) is 4.79 Å². The quantitative estimate of drug-likeness (QED) is 0.831. The van der Waals surface area contributed by atoms with Gasteiger partial charge in [-0.3, -0.25) is 4.79 Å². The van der Waals surface area contributed by atoms with Crippen molar-refractivity contribution in [3.63, 3.8) is 0 Å². The van der Waals surface area contributed by atoms with Crippen LogP contribution in [0.25, 0.3) is 0 Å². The van der Waals surface area contributed by atoms with Crippen LogP contribution in [0.5, 0.6) is 17.2 Å². The van der Waals surface area contributed by atoms with Crippen LogP contribution in [0.1, 0.15) is 17.3 Å². The zero-order chi connectivity index (χ0) is 13.8. The Balaban J connectivity index is 2.29. The van der Waals surface area contributed by atoms with Gasteiger partial charge in [-0.15, -0.1) is 0 Å². The topological polar surface area (TPSA) is 82.8 Å². The SMILES string of the molecule is COc1cc(C(=O)N[C@@H](C)CN)cc2c1OCCO2. The van der Waals surface area contributed by atoms with Gasteiger partial charge >= 0.3 is 0 Å². The standard InChI is InChI=1S/C13H18N2O4/c1-8(7-14)15-13(16)9-5-10(17-2)12-11(6-9)18-3-4-19-12/h5-6,8H,3-4,7,14H2,1-2H3,(H,15,16)/t8-/m0/s1. The van der Waals surface area contributed by atoms with Crippen LogP contribution in [0.2, 0.25) is 0 Å². The van der Waals surface area contributed by atoms with E-state index in [4.69, 9.17) is 19.9 Å². The normalized spacial score (nSPS) is 14.7. The molecule has 19 heavy (non-hydrogen) atoms. The molecule has 0 unspecified atom stereocenters. The fourth-order valence-electron chi connectivity index (χ4n) is 1.77. The van der Waals surface area contributed by atoms with Crippen LogP contribution < -0.4 is 25.3 Å². The Hall–Kier alpha value is -1.95. The number of rotatable bonds is 4. The molecule has 0 aliphatic carbocycles. The van der Waals surface area contributed by atoms with E-state index in [1.807, 2.05) is 6.92 Å². The average molecular weight is 266 g/mol. The van der Waals surface area contributed by atoms with E-state index < -0.39 is 0 Å². The maximum atomic E-state index is 12.0. The lowest BCUT2D eigenvalue weighted by Gasteiger charge is -2.21. The number of nitrogens with one attached hydrogen (secondary N) is 1. The van der Waals surface area contributed by atoms with Crippen molar-refractivity contribution in [1.82, 2.24) is 5.32 Å². The van der Waals surface area contributed by atoms with Crippen molar-refractivity contribution in [3.05, 3.63) is 17.7 Å². The number of hydrogen-bond donors (Lipinski definition) is 2. The number of fused-ring (bicyclic) bond motifs is 1. The highest BCUT2D eigenvalue weighted by Gasteiger charge is 2.21. The molecule has 1 aliphatic rings. The van der Waals surface area contributed by atoms with E-state index in [0.717, 1.165) is 0 Å². The van der Waals surface area contributed by atoms with Gasteiger partial charge in [-0.05, 0) is 19.1 Å². The van der Waals surface area contributed by atoms with Crippen LogP contribution in [-0.2, 0) is 0 Å². The lowest BCUT2D eigenvalue weighted by Crippen LogP contribution is -2.37. The fourth-order valence-corrected chi connectivity index (χ4v) is 1.77. The van der Waals surface area contributed by atoms with Crippen molar-refractivity contribution in [1.29, 1.82) is 0 Å². The predicted octanol–water partition coefficient (Wildman–Crippen LogP) is 0.543. The second-order valence-electron chi connectivity index (χ2n) is 4.31. The molecule has 2 rings (SSSR count). The molecule has 1 aromatic rings. The summed E-state index contributed by atoms with van der Waals surface area (Å²) >= 11 is 0. The van der Waals surface area contributed by atoms with Gasteiger partial charge in [-0.1, -0.05) is 0 Å². The largest absolute Gasteiger partial charge is 0.493 e. The van der Waals surface area contributed by atoms with Crippen molar-refractivity contribution in [2.45, 2.75) is 13.0 Å². The van der Waals surface area contributed by atoms with E-state index >= 15 is 0 Å². The molecule has 104 valence electrons. The lowest BCUT2D eigenvalue weighted by molar-refractivity contribution is 0.0939. The van der Waals surface area contributed by atoms with Gasteiger partial charge in [0.1, 0.15) is 13.2 Å². The summed E-state index contributed by atoms with van der Waals surface area (Å²) in [6.07, 6.45) is 0. The fraction of sp³-hybridized carbons (Fsp3) is 0.462. The van der Waals surface area contributed by atoms with Gasteiger partial charge in [0.15, 0.2) is 11.5 Å². The monoisotopic (exact) mass is 266 g/mol. The number of methoxy groups -OCH3 is 1. The Bertz CT molecular complexity index is 459. The summed E-state index contributed by atoms with van der Waals surface area (Å²) in [5.41, 5.74) is 5.94. The Morgan fingerprint density at radius 3 is 2.89 bits per heavy atom. The summed E-state index contributed by atoms with van der Waals surface area (Å²) in [5.74, 6) is 1.34. The van der Waals surface area contributed by atoms with Gasteiger partial charge in [-0.25, -0.2) is 0 Å². The van der Waals surface area contributed by atoms with Gasteiger partial charge in [0.25, 0.3) is 5.91 Å². The second kappa shape index (κ2) is 5.79. The molecule has 3 N–H and O–H groups in total. The van der Waals surface area contributed by atoms with Crippen molar-refractivity contribution in [2.75, 3.05) is 26.9 Å². The molecule has 1 amide bonds. The summed E-state index contributed by atoms with van der Waals surface area (Å²) in [4.78, 5) is 12.0. The van der Waals surface area contributed by atoms with Crippen LogP contribution in [0.3, 0.4) is 0 Å². The average Bonchev–Trinajstić information content (AvgIpc) is 2.45. The van der Waals surface area contributed by atoms with E-state index in [1.54, 1.807) is 12.1 Å². The highest BCUT2D eigenvalue weighted by atomic mass is 16.6. The van der Waals surface area contributed by atoms with Gasteiger partial charge in [0.05, 0.1) is 7.11 Å². The molecule has 0 aromatic heterocycles.